The van der Waals surface area contributed by atoms with Crippen molar-refractivity contribution in [2.75, 3.05) is 91.8 Å². The van der Waals surface area contributed by atoms with Crippen LogP contribution in [0.25, 0.3) is 0 Å². The largest absolute Gasteiger partial charge is 0.469 e. The highest BCUT2D eigenvalue weighted by molar-refractivity contribution is 6.62. The number of allylic oxidation sites excluding steroid dienone is 4. The molecule has 8 saturated carbocycles. The predicted molar refractivity (Wildman–Crippen MR) is 389 cm³/mol. The number of urea groups is 1. The fraction of sp³-hybridized carbons (Fsp3) is 0.873. The summed E-state index contributed by atoms with van der Waals surface area (Å²) in [7, 11) is 3.02. The average Bonchev–Trinajstić information content (AvgIpc) is 0.680. The molecule has 15 nitrogen and oxygen atoms in total. The molecule has 97 heavy (non-hydrogen) atoms. The number of rotatable bonds is 6. The normalized spacial score (nSPS) is 42.8. The van der Waals surface area contributed by atoms with Gasteiger partial charge < -0.3 is 44.7 Å². The van der Waals surface area contributed by atoms with E-state index in [0.29, 0.717) is 76.0 Å². The van der Waals surface area contributed by atoms with Gasteiger partial charge in [-0.15, -0.1) is 23.2 Å². The second-order valence-corrected chi connectivity index (χ2v) is 37.1. The molecule has 0 bridgehead atoms. The fourth-order valence-corrected chi connectivity index (χ4v) is 24.1. The van der Waals surface area contributed by atoms with E-state index in [0.717, 1.165) is 109 Å². The van der Waals surface area contributed by atoms with Crippen molar-refractivity contribution < 1.29 is 47.7 Å². The summed E-state index contributed by atoms with van der Waals surface area (Å²) in [5.41, 5.74) is 8.14. The van der Waals surface area contributed by atoms with E-state index in [1.165, 1.54) is 51.4 Å². The van der Waals surface area contributed by atoms with Crippen molar-refractivity contribution >= 4 is 69.7 Å². The summed E-state index contributed by atoms with van der Waals surface area (Å²) < 4.78 is 21.0. The minimum atomic E-state index is -0.503. The average molecular weight is 1420 g/mol. The standard InChI is InChI=1S/C36H56N2O5.C31H49NO3.C6H15N.C5H8ClNO2.CH2Cl2/c1-31(2)26-9-12-36(7)28(34(26,5)11-10-27(31)37-30(41)38-17-19-43-20-18-38)25(39)21-23-24-22-33(4,29(40)42-8)14-13-32(24,3)15-16-35(23,36)6;1-26(2)22-9-12-31(7)24(29(22,5)11-10-23(26)32)21(33)17-19-20-18-28(4,25(34)35-8)14-13-27(20,3)15-16-30(19,31)6;1-4-7(5-2)6-3;6-5(8)7-1-3-9-4-2-7;2-1-3/h21,24,26-28H,9-20,22H2,1-8H3,(H,37,41);17,20,22-24H,9-16,18,32H2,1-8H3;4-6H2,1-3H3;1-4H2;1H2/t24-,26-,27?,28+,32+,33-,34-,35+,36+;20-,22-,23?,24+,27+,28-,29-,30+,31+;;;/m00.../s1. The molecule has 2 heterocycles. The van der Waals surface area contributed by atoms with Gasteiger partial charge in [-0.3, -0.25) is 24.0 Å². The molecule has 10 aliphatic carbocycles. The van der Waals surface area contributed by atoms with Gasteiger partial charge in [0.1, 0.15) is 0 Å². The summed E-state index contributed by atoms with van der Waals surface area (Å²) in [5, 5.41) is 3.25. The van der Waals surface area contributed by atoms with Gasteiger partial charge in [0.15, 0.2) is 11.6 Å². The molecular weight excluding hydrogens is 1290 g/mol. The minimum Gasteiger partial charge on any atom is -0.469 e. The Labute approximate surface area is 600 Å². The second-order valence-electron chi connectivity index (χ2n) is 36.0. The molecule has 0 radical (unpaired) electrons. The van der Waals surface area contributed by atoms with Crippen LogP contribution in [-0.4, -0.2) is 153 Å². The first-order valence-electron chi connectivity index (χ1n) is 37.7. The number of esters is 2. The third-order valence-electron chi connectivity index (χ3n) is 30.8. The van der Waals surface area contributed by atoms with Gasteiger partial charge in [0.25, 0.3) is 0 Å². The number of alkyl halides is 2. The zero-order valence-corrected chi connectivity index (χ0v) is 65.9. The third kappa shape index (κ3) is 14.0. The summed E-state index contributed by atoms with van der Waals surface area (Å²) in [6, 6.07) is 0.314. The third-order valence-corrected chi connectivity index (χ3v) is 31.1. The lowest BCUT2D eigenvalue weighted by atomic mass is 9.33. The van der Waals surface area contributed by atoms with Gasteiger partial charge in [-0.05, 0) is 251 Å². The zero-order valence-electron chi connectivity index (χ0n) is 63.6. The smallest absolute Gasteiger partial charge is 0.317 e. The van der Waals surface area contributed by atoms with Crippen molar-refractivity contribution in [2.45, 2.75) is 245 Å². The number of ketones is 2. The quantitative estimate of drug-likeness (QED) is 0.111. The Bertz CT molecular complexity index is 2940. The number of carbonyl (C=O) groups is 6. The predicted octanol–water partition coefficient (Wildman–Crippen LogP) is 16.5. The topological polar surface area (TPSA) is 187 Å². The molecule has 0 aromatic carbocycles. The van der Waals surface area contributed by atoms with Crippen LogP contribution in [0.3, 0.4) is 0 Å². The number of ether oxygens (including phenoxy) is 4. The highest BCUT2D eigenvalue weighted by Crippen LogP contribution is 2.77. The Balaban J connectivity index is 0.000000197. The summed E-state index contributed by atoms with van der Waals surface area (Å²) >= 11 is 14.7. The number of hydrogen-bond donors (Lipinski definition) is 2. The first kappa shape index (κ1) is 79.9. The monoisotopic (exact) mass is 1410 g/mol. The molecule has 12 rings (SSSR count). The molecule has 0 aromatic rings. The Morgan fingerprint density at radius 3 is 1.28 bits per heavy atom. The summed E-state index contributed by atoms with van der Waals surface area (Å²) in [4.78, 5) is 84.2. The maximum absolute atomic E-state index is 14.6. The Morgan fingerprint density at radius 2 is 0.918 bits per heavy atom. The molecule has 0 spiro atoms. The van der Waals surface area contributed by atoms with Crippen LogP contribution in [0.15, 0.2) is 23.3 Å². The molecule has 18 atom stereocenters. The number of halogens is 3. The number of fused-ring (bicyclic) bond motifs is 14. The molecule has 2 unspecified atom stereocenters. The lowest BCUT2D eigenvalue weighted by Crippen LogP contribution is -2.68. The number of morpholine rings is 2. The van der Waals surface area contributed by atoms with Gasteiger partial charge in [0, 0.05) is 50.1 Å². The highest BCUT2D eigenvalue weighted by atomic mass is 35.5. The van der Waals surface area contributed by atoms with E-state index < -0.39 is 10.8 Å². The van der Waals surface area contributed by atoms with E-state index >= 15 is 0 Å². The van der Waals surface area contributed by atoms with E-state index in [1.807, 2.05) is 4.90 Å². The molecule has 0 aromatic heterocycles. The van der Waals surface area contributed by atoms with Crippen molar-refractivity contribution in [1.29, 1.82) is 0 Å². The van der Waals surface area contributed by atoms with Crippen LogP contribution in [-0.2, 0) is 38.1 Å². The van der Waals surface area contributed by atoms with Gasteiger partial charge in [-0.25, -0.2) is 4.79 Å². The van der Waals surface area contributed by atoms with Gasteiger partial charge in [-0.1, -0.05) is 115 Å². The van der Waals surface area contributed by atoms with Gasteiger partial charge in [0.2, 0.25) is 0 Å². The Kier molecular flexibility index (Phi) is 24.5. The van der Waals surface area contributed by atoms with Crippen molar-refractivity contribution in [3.05, 3.63) is 23.3 Å². The number of methoxy groups -OCH3 is 2. The highest BCUT2D eigenvalue weighted by Gasteiger charge is 2.73. The lowest BCUT2D eigenvalue weighted by Gasteiger charge is -2.70. The molecule has 18 heteroatoms. The zero-order chi connectivity index (χ0) is 72.1. The minimum absolute atomic E-state index is 0.0116. The molecule has 3 amide bonds. The van der Waals surface area contributed by atoms with Crippen LogP contribution < -0.4 is 11.1 Å². The number of carbonyl (C=O) groups excluding carboxylic acids is 6. The molecule has 2 saturated heterocycles. The number of nitrogens with one attached hydrogen (secondary N) is 1. The number of hydrogen-bond acceptors (Lipinski definition) is 12. The molecular formula is C79H130Cl3N5O10. The summed E-state index contributed by atoms with van der Waals surface area (Å²) in [6.45, 7) is 48.1. The van der Waals surface area contributed by atoms with Gasteiger partial charge in [-0.2, -0.15) is 0 Å². The SMILES string of the molecule is CCN(CC)CC.COC(=O)[C@@]1(C)CC[C@]2(C)CC[C@]3(C)C(=CC(=O)[C@@H]4[C@@]5(C)CCC(N)C(C)(C)[C@@H]5CC[C@]43C)[C@@H]2C1.COC(=O)[C@@]1(C)CC[C@]2(C)CC[C@]3(C)C(=CC(=O)[C@@H]4[C@@]5(C)CCC(NC(=O)N6CCOCC6)C(C)(C)[C@@H]5CC[C@]43C)[C@@H]2C1.ClCCl.O=C(Cl)N1CCOCC1. The van der Waals surface area contributed by atoms with E-state index in [9.17, 15) is 28.8 Å². The Hall–Kier alpha value is -2.79. The maximum atomic E-state index is 14.6. The van der Waals surface area contributed by atoms with E-state index in [1.54, 1.807) is 4.90 Å². The first-order valence-corrected chi connectivity index (χ1v) is 39.1. The first-order chi connectivity index (χ1) is 45.2. The van der Waals surface area contributed by atoms with E-state index in [4.69, 9.17) is 59.5 Å². The van der Waals surface area contributed by atoms with Crippen molar-refractivity contribution in [3.63, 3.8) is 0 Å². The van der Waals surface area contributed by atoms with Crippen LogP contribution in [0.5, 0.6) is 0 Å². The molecule has 2 aliphatic heterocycles. The molecule has 552 valence electrons. The number of amides is 3. The van der Waals surface area contributed by atoms with Crippen LogP contribution >= 0.6 is 34.8 Å². The van der Waals surface area contributed by atoms with Crippen molar-refractivity contribution in [1.82, 2.24) is 20.0 Å². The van der Waals surface area contributed by atoms with E-state index in [-0.39, 0.29) is 119 Å². The van der Waals surface area contributed by atoms with Crippen LogP contribution in [0.2, 0.25) is 0 Å². The van der Waals surface area contributed by atoms with Crippen LogP contribution in [0.4, 0.5) is 9.59 Å². The lowest BCUT2D eigenvalue weighted by molar-refractivity contribution is -0.189. The fourth-order valence-electron chi connectivity index (χ4n) is 23.9. The van der Waals surface area contributed by atoms with Crippen LogP contribution in [0.1, 0.15) is 233 Å². The van der Waals surface area contributed by atoms with Gasteiger partial charge >= 0.3 is 23.3 Å². The molecule has 10 fully saturated rings. The van der Waals surface area contributed by atoms with Crippen LogP contribution in [0, 0.1) is 100 Å². The Morgan fingerprint density at radius 1 is 0.546 bits per heavy atom. The number of nitrogens with zero attached hydrogens (tertiary/aromatic N) is 3. The molecule has 12 aliphatic rings. The second kappa shape index (κ2) is 29.8. The summed E-state index contributed by atoms with van der Waals surface area (Å²) in [5.74, 6) is 1.78. The van der Waals surface area contributed by atoms with Gasteiger partial charge in [0.05, 0.1) is 56.8 Å². The summed E-state index contributed by atoms with van der Waals surface area (Å²) in [6.07, 6.45) is 22.3. The van der Waals surface area contributed by atoms with Crippen molar-refractivity contribution in [3.8, 4) is 0 Å². The molecule has 3 N–H and O–H groups in total. The number of nitrogens with two attached hydrogens (primary N) is 1. The van der Waals surface area contributed by atoms with Crippen molar-refractivity contribution in [2.24, 2.45) is 106 Å². The maximum Gasteiger partial charge on any atom is 0.317 e. The van der Waals surface area contributed by atoms with E-state index in [2.05, 4.69) is 140 Å².